The molecular formula is C10H7ClN2OS. The van der Waals surface area contributed by atoms with Gasteiger partial charge in [0, 0.05) is 0 Å². The fourth-order valence-electron chi connectivity index (χ4n) is 1.13. The Morgan fingerprint density at radius 3 is 2.80 bits per heavy atom. The Bertz CT molecular complexity index is 510. The molecular weight excluding hydrogens is 232 g/mol. The van der Waals surface area contributed by atoms with E-state index in [4.69, 9.17) is 11.6 Å². The van der Waals surface area contributed by atoms with Crippen molar-refractivity contribution in [1.82, 2.24) is 9.97 Å². The van der Waals surface area contributed by atoms with E-state index in [1.807, 2.05) is 6.07 Å². The summed E-state index contributed by atoms with van der Waals surface area (Å²) in [4.78, 5) is 20.8. The number of halogens is 1. The molecule has 0 saturated carbocycles. The minimum absolute atomic E-state index is 0.0567. The molecule has 15 heavy (non-hydrogen) atoms. The van der Waals surface area contributed by atoms with Crippen molar-refractivity contribution in [3.05, 3.63) is 34.6 Å². The van der Waals surface area contributed by atoms with Gasteiger partial charge in [0.15, 0.2) is 5.78 Å². The molecule has 0 aliphatic rings. The number of thiophene rings is 1. The minimum atomic E-state index is 0.0567. The van der Waals surface area contributed by atoms with E-state index in [9.17, 15) is 4.79 Å². The van der Waals surface area contributed by atoms with Gasteiger partial charge in [0.2, 0.25) is 0 Å². The highest BCUT2D eigenvalue weighted by atomic mass is 35.5. The molecule has 0 aliphatic heterocycles. The third-order valence-electron chi connectivity index (χ3n) is 1.81. The van der Waals surface area contributed by atoms with Crippen LogP contribution in [-0.2, 0) is 0 Å². The lowest BCUT2D eigenvalue weighted by Crippen LogP contribution is -1.84. The van der Waals surface area contributed by atoms with Crippen LogP contribution in [0.25, 0.3) is 10.6 Å². The van der Waals surface area contributed by atoms with E-state index in [-0.39, 0.29) is 5.78 Å². The average molecular weight is 239 g/mol. The molecule has 0 atom stereocenters. The number of hydrogen-bond donors (Lipinski definition) is 0. The summed E-state index contributed by atoms with van der Waals surface area (Å²) in [6, 6.07) is 3.63. The van der Waals surface area contributed by atoms with Gasteiger partial charge >= 0.3 is 0 Å². The molecule has 0 aromatic carbocycles. The molecule has 0 N–H and O–H groups in total. The fourth-order valence-corrected chi connectivity index (χ4v) is 2.13. The van der Waals surface area contributed by atoms with Crippen molar-refractivity contribution in [2.24, 2.45) is 0 Å². The Hall–Kier alpha value is -1.26. The van der Waals surface area contributed by atoms with Crippen molar-refractivity contribution < 1.29 is 4.79 Å². The van der Waals surface area contributed by atoms with Crippen molar-refractivity contribution in [2.75, 3.05) is 0 Å². The van der Waals surface area contributed by atoms with Gasteiger partial charge in [-0.2, -0.15) is 0 Å². The lowest BCUT2D eigenvalue weighted by Gasteiger charge is -1.95. The van der Waals surface area contributed by atoms with E-state index in [1.54, 1.807) is 19.2 Å². The van der Waals surface area contributed by atoms with Crippen molar-refractivity contribution in [2.45, 2.75) is 6.92 Å². The molecule has 2 aromatic rings. The number of ketones is 1. The lowest BCUT2D eigenvalue weighted by atomic mass is 10.3. The fraction of sp³-hybridized carbons (Fsp3) is 0.100. The van der Waals surface area contributed by atoms with Crippen LogP contribution in [0.3, 0.4) is 0 Å². The number of carbonyl (C=O) groups excluding carboxylic acids is 1. The largest absolute Gasteiger partial charge is 0.294 e. The van der Waals surface area contributed by atoms with Gasteiger partial charge in [0.25, 0.3) is 0 Å². The van der Waals surface area contributed by atoms with Crippen LogP contribution in [-0.4, -0.2) is 15.8 Å². The van der Waals surface area contributed by atoms with E-state index in [2.05, 4.69) is 9.97 Å². The summed E-state index contributed by atoms with van der Waals surface area (Å²) in [7, 11) is 0. The van der Waals surface area contributed by atoms with Crippen LogP contribution in [0.4, 0.5) is 0 Å². The van der Waals surface area contributed by atoms with E-state index < -0.39 is 0 Å². The molecule has 76 valence electrons. The summed E-state index contributed by atoms with van der Waals surface area (Å²) in [6.45, 7) is 1.54. The van der Waals surface area contributed by atoms with Crippen molar-refractivity contribution >= 4 is 28.7 Å². The second-order valence-corrected chi connectivity index (χ2v) is 4.42. The second-order valence-electron chi connectivity index (χ2n) is 2.95. The third-order valence-corrected chi connectivity index (χ3v) is 3.20. The summed E-state index contributed by atoms with van der Waals surface area (Å²) >= 11 is 7.12. The van der Waals surface area contributed by atoms with Gasteiger partial charge in [-0.1, -0.05) is 11.6 Å². The standard InChI is InChI=1S/C10H7ClN2OS/c1-6(14)8-2-3-9(15-8)7-4-12-5-10(11)13-7/h2-5H,1H3. The molecule has 2 rings (SSSR count). The molecule has 0 aliphatic carbocycles. The predicted molar refractivity (Wildman–Crippen MR) is 60.4 cm³/mol. The summed E-state index contributed by atoms with van der Waals surface area (Å²) in [5.74, 6) is 0.0567. The van der Waals surface area contributed by atoms with Gasteiger partial charge < -0.3 is 0 Å². The Morgan fingerprint density at radius 1 is 1.40 bits per heavy atom. The van der Waals surface area contributed by atoms with Crippen LogP contribution in [0.1, 0.15) is 16.6 Å². The number of nitrogens with zero attached hydrogens (tertiary/aromatic N) is 2. The van der Waals surface area contributed by atoms with E-state index in [0.717, 1.165) is 4.88 Å². The number of rotatable bonds is 2. The van der Waals surface area contributed by atoms with Gasteiger partial charge in [-0.3, -0.25) is 9.78 Å². The highest BCUT2D eigenvalue weighted by Crippen LogP contribution is 2.26. The van der Waals surface area contributed by atoms with Crippen LogP contribution in [0.5, 0.6) is 0 Å². The zero-order chi connectivity index (χ0) is 10.8. The average Bonchev–Trinajstić information content (AvgIpc) is 2.66. The molecule has 0 fully saturated rings. The first-order valence-electron chi connectivity index (χ1n) is 4.25. The quantitative estimate of drug-likeness (QED) is 0.756. The summed E-state index contributed by atoms with van der Waals surface area (Å²) in [6.07, 6.45) is 3.10. The molecule has 0 unspecified atom stereocenters. The summed E-state index contributed by atoms with van der Waals surface area (Å²) in [5.41, 5.74) is 0.694. The first kappa shape index (κ1) is 10.3. The van der Waals surface area contributed by atoms with Crippen LogP contribution in [0.15, 0.2) is 24.5 Å². The SMILES string of the molecule is CC(=O)c1ccc(-c2cncc(Cl)n2)s1. The van der Waals surface area contributed by atoms with Crippen molar-refractivity contribution in [3.63, 3.8) is 0 Å². The van der Waals surface area contributed by atoms with Crippen molar-refractivity contribution in [3.8, 4) is 10.6 Å². The highest BCUT2D eigenvalue weighted by molar-refractivity contribution is 7.17. The molecule has 2 heterocycles. The zero-order valence-corrected chi connectivity index (χ0v) is 9.47. The molecule has 0 spiro atoms. The number of aromatic nitrogens is 2. The number of carbonyl (C=O) groups is 1. The molecule has 2 aromatic heterocycles. The van der Waals surface area contributed by atoms with Crippen molar-refractivity contribution in [1.29, 1.82) is 0 Å². The van der Waals surface area contributed by atoms with Gasteiger partial charge in [-0.15, -0.1) is 11.3 Å². The third kappa shape index (κ3) is 2.22. The lowest BCUT2D eigenvalue weighted by molar-refractivity contribution is 0.102. The molecule has 0 amide bonds. The topological polar surface area (TPSA) is 42.9 Å². The first-order chi connectivity index (χ1) is 7.16. The zero-order valence-electron chi connectivity index (χ0n) is 7.90. The van der Waals surface area contributed by atoms with Gasteiger partial charge in [0.1, 0.15) is 10.8 Å². The molecule has 3 nitrogen and oxygen atoms in total. The normalized spacial score (nSPS) is 10.3. The maximum Gasteiger partial charge on any atom is 0.169 e. The number of hydrogen-bond acceptors (Lipinski definition) is 4. The Morgan fingerprint density at radius 2 is 2.20 bits per heavy atom. The Kier molecular flexibility index (Phi) is 2.79. The molecule has 5 heteroatoms. The summed E-state index contributed by atoms with van der Waals surface area (Å²) < 4.78 is 0. The van der Waals surface area contributed by atoms with Gasteiger partial charge in [-0.05, 0) is 19.1 Å². The molecule has 0 saturated heterocycles. The molecule has 0 radical (unpaired) electrons. The maximum atomic E-state index is 11.1. The van der Waals surface area contributed by atoms with Crippen LogP contribution in [0.2, 0.25) is 5.15 Å². The maximum absolute atomic E-state index is 11.1. The second kappa shape index (κ2) is 4.08. The summed E-state index contributed by atoms with van der Waals surface area (Å²) in [5, 5.41) is 0.352. The first-order valence-corrected chi connectivity index (χ1v) is 5.45. The van der Waals surface area contributed by atoms with Crippen LogP contribution >= 0.6 is 22.9 Å². The molecule has 0 bridgehead atoms. The van der Waals surface area contributed by atoms with Gasteiger partial charge in [0.05, 0.1) is 22.1 Å². The minimum Gasteiger partial charge on any atom is -0.294 e. The number of Topliss-reactive ketones (excluding diaryl/α,β-unsaturated/α-hetero) is 1. The van der Waals surface area contributed by atoms with Crippen LogP contribution in [0, 0.1) is 0 Å². The van der Waals surface area contributed by atoms with Crippen LogP contribution < -0.4 is 0 Å². The van der Waals surface area contributed by atoms with E-state index in [0.29, 0.717) is 15.7 Å². The van der Waals surface area contributed by atoms with E-state index in [1.165, 1.54) is 17.5 Å². The smallest absolute Gasteiger partial charge is 0.169 e. The predicted octanol–water partition coefficient (Wildman–Crippen LogP) is 3.06. The van der Waals surface area contributed by atoms with Gasteiger partial charge in [-0.25, -0.2) is 4.98 Å². The highest BCUT2D eigenvalue weighted by Gasteiger charge is 2.07. The Balaban J connectivity index is 2.41. The monoisotopic (exact) mass is 238 g/mol. The Labute approximate surface area is 95.8 Å². The van der Waals surface area contributed by atoms with E-state index >= 15 is 0 Å².